The molecule has 2 N–H and O–H groups in total. The Morgan fingerprint density at radius 1 is 0.852 bits per heavy atom. The average molecular weight is 423 g/mol. The number of rotatable bonds is 6. The number of aromatic nitrogens is 6. The molecule has 0 aliphatic rings. The minimum absolute atomic E-state index is 0.455. The summed E-state index contributed by atoms with van der Waals surface area (Å²) in [6.45, 7) is 0.593. The van der Waals surface area contributed by atoms with E-state index in [0.29, 0.717) is 18.4 Å². The van der Waals surface area contributed by atoms with E-state index < -0.39 is 0 Å². The zero-order chi connectivity index (χ0) is 18.5. The predicted molar refractivity (Wildman–Crippen MR) is 106 cm³/mol. The molecular weight excluding hydrogens is 408 g/mol. The van der Waals surface area contributed by atoms with Crippen molar-refractivity contribution in [2.45, 2.75) is 6.54 Å². The summed E-state index contributed by atoms with van der Waals surface area (Å²) in [6, 6.07) is 15.7. The summed E-state index contributed by atoms with van der Waals surface area (Å²) < 4.78 is 0.975. The maximum atomic E-state index is 4.41. The van der Waals surface area contributed by atoms with Gasteiger partial charge < -0.3 is 10.6 Å². The van der Waals surface area contributed by atoms with Crippen LogP contribution in [0.5, 0.6) is 0 Å². The van der Waals surface area contributed by atoms with Gasteiger partial charge >= 0.3 is 0 Å². The Balaban J connectivity index is 1.48. The summed E-state index contributed by atoms with van der Waals surface area (Å²) in [5.41, 5.74) is 2.83. The fourth-order valence-corrected chi connectivity index (χ4v) is 2.88. The summed E-state index contributed by atoms with van der Waals surface area (Å²) >= 11 is 3.45. The third-order valence-electron chi connectivity index (χ3n) is 3.63. The van der Waals surface area contributed by atoms with Gasteiger partial charge in [-0.15, -0.1) is 0 Å². The molecular formula is C18H15BrN8. The molecule has 134 valence electrons. The van der Waals surface area contributed by atoms with Gasteiger partial charge in [-0.1, -0.05) is 34.1 Å². The van der Waals surface area contributed by atoms with Crippen LogP contribution in [0.3, 0.4) is 0 Å². The van der Waals surface area contributed by atoms with Crippen molar-refractivity contribution in [2.24, 2.45) is 0 Å². The molecule has 0 amide bonds. The van der Waals surface area contributed by atoms with Gasteiger partial charge in [0, 0.05) is 15.8 Å². The van der Waals surface area contributed by atoms with Gasteiger partial charge in [0.2, 0.25) is 11.9 Å². The molecule has 0 aliphatic heterocycles. The van der Waals surface area contributed by atoms with Crippen LogP contribution in [0.25, 0.3) is 0 Å². The van der Waals surface area contributed by atoms with Gasteiger partial charge in [-0.2, -0.15) is 20.0 Å². The van der Waals surface area contributed by atoms with Crippen LogP contribution in [0.15, 0.2) is 71.7 Å². The van der Waals surface area contributed by atoms with Gasteiger partial charge in [-0.25, -0.2) is 9.97 Å². The molecule has 0 unspecified atom stereocenters. The van der Waals surface area contributed by atoms with Crippen LogP contribution < -0.4 is 10.6 Å². The number of halogens is 1. The highest BCUT2D eigenvalue weighted by atomic mass is 79.9. The third-order valence-corrected chi connectivity index (χ3v) is 4.12. The van der Waals surface area contributed by atoms with E-state index in [0.717, 1.165) is 21.4 Å². The molecule has 4 rings (SSSR count). The van der Waals surface area contributed by atoms with Crippen LogP contribution in [0.1, 0.15) is 5.56 Å². The van der Waals surface area contributed by atoms with E-state index in [-0.39, 0.29) is 0 Å². The lowest BCUT2D eigenvalue weighted by Crippen LogP contribution is -2.05. The highest BCUT2D eigenvalue weighted by Gasteiger charge is 2.04. The fraction of sp³-hybridized carbons (Fsp3) is 0.0556. The van der Waals surface area contributed by atoms with E-state index in [9.17, 15) is 0 Å². The van der Waals surface area contributed by atoms with Crippen molar-refractivity contribution in [1.29, 1.82) is 0 Å². The zero-order valence-electron chi connectivity index (χ0n) is 14.1. The first-order valence-electron chi connectivity index (χ1n) is 8.16. The Morgan fingerprint density at radius 3 is 2.22 bits per heavy atom. The molecule has 2 aromatic heterocycles. The van der Waals surface area contributed by atoms with E-state index in [1.807, 2.05) is 48.5 Å². The van der Waals surface area contributed by atoms with Crippen LogP contribution >= 0.6 is 15.9 Å². The van der Waals surface area contributed by atoms with Gasteiger partial charge in [0.1, 0.15) is 6.33 Å². The Labute approximate surface area is 163 Å². The second kappa shape index (κ2) is 7.92. The van der Waals surface area contributed by atoms with Gasteiger partial charge in [0.15, 0.2) is 0 Å². The van der Waals surface area contributed by atoms with E-state index in [1.165, 1.54) is 6.33 Å². The zero-order valence-corrected chi connectivity index (χ0v) is 15.7. The van der Waals surface area contributed by atoms with Crippen molar-refractivity contribution >= 4 is 39.2 Å². The van der Waals surface area contributed by atoms with Gasteiger partial charge in [0.05, 0.1) is 18.9 Å². The van der Waals surface area contributed by atoms with Gasteiger partial charge in [-0.3, -0.25) is 0 Å². The summed E-state index contributed by atoms with van der Waals surface area (Å²) in [7, 11) is 0. The van der Waals surface area contributed by atoms with Crippen LogP contribution in [0, 0.1) is 0 Å². The number of hydrogen-bond donors (Lipinski definition) is 2. The highest BCUT2D eigenvalue weighted by Crippen LogP contribution is 2.20. The summed E-state index contributed by atoms with van der Waals surface area (Å²) in [4.78, 5) is 14.4. The molecule has 0 fully saturated rings. The molecule has 0 aliphatic carbocycles. The summed E-state index contributed by atoms with van der Waals surface area (Å²) in [5, 5.41) is 14.6. The standard InChI is InChI=1S/C18H15BrN8/c19-14-4-2-6-16(10-14)25-18-21-12-20-17(26-18)24-15-5-1-3-13(9-15)11-27-22-7-8-23-27/h1-10,12H,11H2,(H2,20,21,24,25,26). The minimum atomic E-state index is 0.455. The van der Waals surface area contributed by atoms with E-state index in [1.54, 1.807) is 17.2 Å². The van der Waals surface area contributed by atoms with Gasteiger partial charge in [0.25, 0.3) is 0 Å². The quantitative estimate of drug-likeness (QED) is 0.488. The molecule has 0 spiro atoms. The number of benzene rings is 2. The Morgan fingerprint density at radius 2 is 1.52 bits per heavy atom. The van der Waals surface area contributed by atoms with Crippen LogP contribution in [-0.2, 0) is 6.54 Å². The summed E-state index contributed by atoms with van der Waals surface area (Å²) in [6.07, 6.45) is 4.78. The second-order valence-electron chi connectivity index (χ2n) is 5.65. The number of nitrogens with zero attached hydrogens (tertiary/aromatic N) is 6. The third kappa shape index (κ3) is 4.64. The monoisotopic (exact) mass is 422 g/mol. The topological polar surface area (TPSA) is 93.4 Å². The molecule has 9 heteroatoms. The molecule has 0 saturated carbocycles. The maximum Gasteiger partial charge on any atom is 0.232 e. The normalized spacial score (nSPS) is 10.6. The minimum Gasteiger partial charge on any atom is -0.324 e. The van der Waals surface area contributed by atoms with E-state index >= 15 is 0 Å². The first-order valence-corrected chi connectivity index (χ1v) is 8.96. The van der Waals surface area contributed by atoms with Crippen molar-refractivity contribution in [3.63, 3.8) is 0 Å². The Kier molecular flexibility index (Phi) is 5.01. The number of hydrogen-bond acceptors (Lipinski definition) is 7. The van der Waals surface area contributed by atoms with Crippen molar-refractivity contribution in [3.8, 4) is 0 Å². The van der Waals surface area contributed by atoms with E-state index in [2.05, 4.69) is 51.7 Å². The lowest BCUT2D eigenvalue weighted by molar-refractivity contribution is 0.591. The maximum absolute atomic E-state index is 4.41. The smallest absolute Gasteiger partial charge is 0.232 e. The van der Waals surface area contributed by atoms with Crippen LogP contribution in [-0.4, -0.2) is 29.9 Å². The Bertz CT molecular complexity index is 1030. The highest BCUT2D eigenvalue weighted by molar-refractivity contribution is 9.10. The van der Waals surface area contributed by atoms with Crippen molar-refractivity contribution < 1.29 is 0 Å². The lowest BCUT2D eigenvalue weighted by atomic mass is 10.2. The molecule has 2 aromatic carbocycles. The van der Waals surface area contributed by atoms with Gasteiger partial charge in [-0.05, 0) is 35.9 Å². The molecule has 2 heterocycles. The first-order chi connectivity index (χ1) is 13.2. The van der Waals surface area contributed by atoms with Crippen LogP contribution in [0.2, 0.25) is 0 Å². The second-order valence-corrected chi connectivity index (χ2v) is 6.57. The first kappa shape index (κ1) is 17.1. The largest absolute Gasteiger partial charge is 0.324 e. The van der Waals surface area contributed by atoms with Crippen molar-refractivity contribution in [3.05, 3.63) is 77.3 Å². The molecule has 27 heavy (non-hydrogen) atoms. The number of nitrogens with one attached hydrogen (secondary N) is 2. The molecule has 0 saturated heterocycles. The van der Waals surface area contributed by atoms with Crippen molar-refractivity contribution in [1.82, 2.24) is 29.9 Å². The summed E-state index contributed by atoms with van der Waals surface area (Å²) in [5.74, 6) is 0.916. The molecule has 4 aromatic rings. The van der Waals surface area contributed by atoms with Crippen molar-refractivity contribution in [2.75, 3.05) is 10.6 Å². The SMILES string of the molecule is Brc1cccc(Nc2ncnc(Nc3cccc(Cn4nccn4)c3)n2)c1. The molecule has 8 nitrogen and oxygen atoms in total. The van der Waals surface area contributed by atoms with Crippen LogP contribution in [0.4, 0.5) is 23.3 Å². The molecule has 0 bridgehead atoms. The number of anilines is 4. The fourth-order valence-electron chi connectivity index (χ4n) is 2.48. The molecule has 0 radical (unpaired) electrons. The molecule has 0 atom stereocenters. The Hall–Kier alpha value is -3.33. The average Bonchev–Trinajstić information content (AvgIpc) is 3.15. The predicted octanol–water partition coefficient (Wildman–Crippen LogP) is 3.76. The lowest BCUT2D eigenvalue weighted by Gasteiger charge is -2.09. The van der Waals surface area contributed by atoms with E-state index in [4.69, 9.17) is 0 Å².